The van der Waals surface area contributed by atoms with E-state index >= 15 is 0 Å². The van der Waals surface area contributed by atoms with E-state index < -0.39 is 48.1 Å². The summed E-state index contributed by atoms with van der Waals surface area (Å²) in [7, 11) is 0. The minimum atomic E-state index is -1.58. The van der Waals surface area contributed by atoms with Crippen molar-refractivity contribution in [2.24, 2.45) is 11.8 Å². The molecule has 1 fully saturated rings. The second-order valence-corrected chi connectivity index (χ2v) is 5.25. The van der Waals surface area contributed by atoms with E-state index in [2.05, 4.69) is 5.32 Å². The van der Waals surface area contributed by atoms with Crippen molar-refractivity contribution in [1.29, 1.82) is 0 Å². The Hall–Kier alpha value is -2.16. The molecule has 1 aliphatic rings. The third-order valence-electron chi connectivity index (χ3n) is 3.55. The van der Waals surface area contributed by atoms with Crippen LogP contribution in [0.3, 0.4) is 0 Å². The van der Waals surface area contributed by atoms with E-state index in [4.69, 9.17) is 14.2 Å². The zero-order valence-corrected chi connectivity index (χ0v) is 13.8. The van der Waals surface area contributed by atoms with Gasteiger partial charge in [0.15, 0.2) is 0 Å². The molecule has 0 spiro atoms. The number of nitrogens with one attached hydrogen (secondary N) is 1. The summed E-state index contributed by atoms with van der Waals surface area (Å²) in [6, 6.07) is -1.58. The summed E-state index contributed by atoms with van der Waals surface area (Å²) in [5.41, 5.74) is 0. The van der Waals surface area contributed by atoms with Crippen molar-refractivity contribution in [3.63, 3.8) is 0 Å². The molecule has 9 heteroatoms. The maximum Gasteiger partial charge on any atom is 0.327 e. The van der Waals surface area contributed by atoms with Gasteiger partial charge in [-0.3, -0.25) is 14.4 Å². The van der Waals surface area contributed by atoms with Crippen LogP contribution in [0.1, 0.15) is 26.7 Å². The Morgan fingerprint density at radius 1 is 1.21 bits per heavy atom. The number of hydrogen-bond acceptors (Lipinski definition) is 7. The highest BCUT2D eigenvalue weighted by Crippen LogP contribution is 2.17. The van der Waals surface area contributed by atoms with Gasteiger partial charge >= 0.3 is 17.9 Å². The Bertz CT molecular complexity index is 472. The van der Waals surface area contributed by atoms with Crippen LogP contribution in [0.4, 0.5) is 0 Å². The number of carbonyl (C=O) groups excluding carboxylic acids is 3. The minimum absolute atomic E-state index is 0.0227. The molecule has 3 atom stereocenters. The van der Waals surface area contributed by atoms with E-state index in [1.54, 1.807) is 13.8 Å². The molecule has 0 saturated carbocycles. The predicted octanol–water partition coefficient (Wildman–Crippen LogP) is -0.275. The molecule has 0 radical (unpaired) electrons. The zero-order valence-electron chi connectivity index (χ0n) is 13.8. The van der Waals surface area contributed by atoms with Gasteiger partial charge in [-0.15, -0.1) is 0 Å². The van der Waals surface area contributed by atoms with Gasteiger partial charge < -0.3 is 24.6 Å². The number of ether oxygens (including phenoxy) is 3. The highest BCUT2D eigenvalue weighted by molar-refractivity contribution is 5.91. The van der Waals surface area contributed by atoms with Gasteiger partial charge in [0.2, 0.25) is 5.91 Å². The van der Waals surface area contributed by atoms with Crippen molar-refractivity contribution in [1.82, 2.24) is 5.32 Å². The lowest BCUT2D eigenvalue weighted by Crippen LogP contribution is -2.51. The minimum Gasteiger partial charge on any atom is -0.480 e. The van der Waals surface area contributed by atoms with E-state index in [-0.39, 0.29) is 19.8 Å². The molecule has 136 valence electrons. The molecule has 1 heterocycles. The normalized spacial score (nSPS) is 19.2. The molecule has 0 unspecified atom stereocenters. The first-order valence-electron chi connectivity index (χ1n) is 7.83. The van der Waals surface area contributed by atoms with Crippen molar-refractivity contribution < 1.29 is 38.5 Å². The van der Waals surface area contributed by atoms with Gasteiger partial charge in [-0.05, 0) is 20.3 Å². The molecule has 0 aromatic carbocycles. The standard InChI is InChI=1S/C15H23NO8/c1-3-23-11(17)7-10(15(21)24-4-2)12(14(19)20)16-13(18)9-5-6-22-8-9/h9-10,12H,3-8H2,1-2H3,(H,16,18)(H,19,20)/t9-,10+,12-/m0/s1. The quantitative estimate of drug-likeness (QED) is 0.546. The van der Waals surface area contributed by atoms with E-state index in [0.717, 1.165) is 0 Å². The van der Waals surface area contributed by atoms with Gasteiger partial charge in [0.05, 0.1) is 38.1 Å². The Morgan fingerprint density at radius 3 is 2.38 bits per heavy atom. The molecule has 0 aromatic heterocycles. The summed E-state index contributed by atoms with van der Waals surface area (Å²) < 4.78 is 14.7. The molecule has 1 rings (SSSR count). The summed E-state index contributed by atoms with van der Waals surface area (Å²) >= 11 is 0. The molecule has 9 nitrogen and oxygen atoms in total. The summed E-state index contributed by atoms with van der Waals surface area (Å²) in [6.45, 7) is 3.88. The fraction of sp³-hybridized carbons (Fsp3) is 0.733. The van der Waals surface area contributed by atoms with Gasteiger partial charge in [-0.1, -0.05) is 0 Å². The molecular formula is C15H23NO8. The molecule has 1 saturated heterocycles. The van der Waals surface area contributed by atoms with Crippen LogP contribution in [0.2, 0.25) is 0 Å². The Morgan fingerprint density at radius 2 is 1.88 bits per heavy atom. The van der Waals surface area contributed by atoms with Crippen molar-refractivity contribution in [2.75, 3.05) is 26.4 Å². The van der Waals surface area contributed by atoms with Gasteiger partial charge in [0, 0.05) is 6.61 Å². The number of carboxylic acids is 1. The molecule has 2 N–H and O–H groups in total. The van der Waals surface area contributed by atoms with Crippen LogP contribution in [-0.2, 0) is 33.4 Å². The lowest BCUT2D eigenvalue weighted by atomic mass is 9.95. The van der Waals surface area contributed by atoms with Crippen LogP contribution < -0.4 is 5.32 Å². The topological polar surface area (TPSA) is 128 Å². The number of carbonyl (C=O) groups is 4. The van der Waals surface area contributed by atoms with Crippen molar-refractivity contribution >= 4 is 23.8 Å². The number of aliphatic carboxylic acids is 1. The first-order valence-corrected chi connectivity index (χ1v) is 7.83. The Kier molecular flexibility index (Phi) is 8.17. The molecule has 1 amide bonds. The number of amides is 1. The van der Waals surface area contributed by atoms with Crippen molar-refractivity contribution in [3.8, 4) is 0 Å². The van der Waals surface area contributed by atoms with Gasteiger partial charge in [0.25, 0.3) is 0 Å². The maximum absolute atomic E-state index is 12.1. The maximum atomic E-state index is 12.1. The fourth-order valence-electron chi connectivity index (χ4n) is 2.33. The number of rotatable bonds is 9. The number of hydrogen-bond donors (Lipinski definition) is 2. The smallest absolute Gasteiger partial charge is 0.327 e. The van der Waals surface area contributed by atoms with E-state index in [0.29, 0.717) is 13.0 Å². The van der Waals surface area contributed by atoms with E-state index in [9.17, 15) is 24.3 Å². The van der Waals surface area contributed by atoms with Crippen LogP contribution in [-0.4, -0.2) is 61.4 Å². The summed E-state index contributed by atoms with van der Waals surface area (Å²) in [5.74, 6) is -5.41. The highest BCUT2D eigenvalue weighted by Gasteiger charge is 2.39. The molecule has 0 aromatic rings. The Labute approximate surface area is 139 Å². The molecule has 24 heavy (non-hydrogen) atoms. The van der Waals surface area contributed by atoms with Crippen LogP contribution in [0.15, 0.2) is 0 Å². The van der Waals surface area contributed by atoms with Gasteiger partial charge in [-0.2, -0.15) is 0 Å². The molecular weight excluding hydrogens is 322 g/mol. The predicted molar refractivity (Wildman–Crippen MR) is 79.9 cm³/mol. The van der Waals surface area contributed by atoms with Crippen molar-refractivity contribution in [2.45, 2.75) is 32.7 Å². The summed E-state index contributed by atoms with van der Waals surface area (Å²) in [5, 5.41) is 11.7. The SMILES string of the molecule is CCOC(=O)C[C@@H](C(=O)OCC)[C@H](NC(=O)[C@H]1CCOC1)C(=O)O. The van der Waals surface area contributed by atoms with Crippen molar-refractivity contribution in [3.05, 3.63) is 0 Å². The first-order chi connectivity index (χ1) is 11.4. The second-order valence-electron chi connectivity index (χ2n) is 5.25. The highest BCUT2D eigenvalue weighted by atomic mass is 16.5. The van der Waals surface area contributed by atoms with Crippen LogP contribution in [0.5, 0.6) is 0 Å². The first kappa shape index (κ1) is 19.9. The third kappa shape index (κ3) is 5.80. The third-order valence-corrected chi connectivity index (χ3v) is 3.55. The fourth-order valence-corrected chi connectivity index (χ4v) is 2.33. The van der Waals surface area contributed by atoms with Gasteiger partial charge in [-0.25, -0.2) is 4.79 Å². The number of esters is 2. The molecule has 0 bridgehead atoms. The molecule has 0 aliphatic carbocycles. The van der Waals surface area contributed by atoms with E-state index in [1.807, 2.05) is 0 Å². The van der Waals surface area contributed by atoms with E-state index in [1.165, 1.54) is 0 Å². The number of carboxylic acid groups (broad SMARTS) is 1. The Balaban J connectivity index is 2.89. The second kappa shape index (κ2) is 9.86. The molecule has 1 aliphatic heterocycles. The summed E-state index contributed by atoms with van der Waals surface area (Å²) in [6.07, 6.45) is -0.0226. The van der Waals surface area contributed by atoms with Crippen LogP contribution in [0.25, 0.3) is 0 Å². The lowest BCUT2D eigenvalue weighted by molar-refractivity contribution is -0.160. The van der Waals surface area contributed by atoms with Crippen LogP contribution in [0, 0.1) is 11.8 Å². The average Bonchev–Trinajstić information content (AvgIpc) is 3.05. The zero-order chi connectivity index (χ0) is 18.1. The largest absolute Gasteiger partial charge is 0.480 e. The summed E-state index contributed by atoms with van der Waals surface area (Å²) in [4.78, 5) is 47.4. The lowest BCUT2D eigenvalue weighted by Gasteiger charge is -2.23. The monoisotopic (exact) mass is 345 g/mol. The average molecular weight is 345 g/mol. The van der Waals surface area contributed by atoms with Crippen LogP contribution >= 0.6 is 0 Å². The van der Waals surface area contributed by atoms with Gasteiger partial charge in [0.1, 0.15) is 6.04 Å².